The number of anilines is 1. The fraction of sp³-hybridized carbons (Fsp3) is 0.260. The van der Waals surface area contributed by atoms with Crippen molar-refractivity contribution in [2.75, 3.05) is 18.0 Å². The molecule has 0 saturated carbocycles. The molecule has 2 nitrogen and oxygen atoms in total. The Hall–Kier alpha value is -4.48. The summed E-state index contributed by atoms with van der Waals surface area (Å²) in [6.07, 6.45) is 3.53. The molecule has 6 aromatic carbocycles. The number of benzene rings is 6. The molecule has 3 heteroatoms. The summed E-state index contributed by atoms with van der Waals surface area (Å²) in [6, 6.07) is 53.9. The molecule has 0 saturated heterocycles. The van der Waals surface area contributed by atoms with E-state index in [0.717, 1.165) is 19.5 Å². The number of nitrogens with zero attached hydrogens (tertiary/aromatic N) is 2. The van der Waals surface area contributed by atoms with Crippen molar-refractivity contribution < 1.29 is 28.6 Å². The lowest BCUT2D eigenvalue weighted by Gasteiger charge is -2.31. The zero-order chi connectivity index (χ0) is 36.2. The maximum absolute atomic E-state index is 2.60. The molecule has 0 fully saturated rings. The summed E-state index contributed by atoms with van der Waals surface area (Å²) < 4.78 is 2.60. The highest BCUT2D eigenvalue weighted by atomic mass is 127. The first-order chi connectivity index (χ1) is 25.3. The zero-order valence-electron chi connectivity index (χ0n) is 32.1. The Morgan fingerprint density at radius 1 is 0.472 bits per heavy atom. The van der Waals surface area contributed by atoms with Crippen LogP contribution in [0.5, 0.6) is 0 Å². The summed E-state index contributed by atoms with van der Waals surface area (Å²) in [7, 11) is 0. The summed E-state index contributed by atoms with van der Waals surface area (Å²) >= 11 is 0. The second-order valence-electron chi connectivity index (χ2n) is 15.0. The number of hydrogen-bond acceptors (Lipinski definition) is 1. The summed E-state index contributed by atoms with van der Waals surface area (Å²) in [5.41, 5.74) is 16.3. The molecule has 6 aromatic rings. The normalized spacial score (nSPS) is 15.1. The summed E-state index contributed by atoms with van der Waals surface area (Å²) in [5, 5.41) is 0. The monoisotopic (exact) mass is 808 g/mol. The molecule has 53 heavy (non-hydrogen) atoms. The van der Waals surface area contributed by atoms with Crippen LogP contribution in [-0.2, 0) is 0 Å². The van der Waals surface area contributed by atoms with Crippen molar-refractivity contribution in [3.63, 3.8) is 0 Å². The van der Waals surface area contributed by atoms with E-state index in [0.29, 0.717) is 0 Å². The molecular formula is C50H53IN2. The van der Waals surface area contributed by atoms with Gasteiger partial charge in [-0.05, 0) is 36.1 Å². The van der Waals surface area contributed by atoms with Crippen LogP contribution in [0.2, 0.25) is 0 Å². The van der Waals surface area contributed by atoms with E-state index in [1.807, 2.05) is 0 Å². The lowest BCUT2D eigenvalue weighted by atomic mass is 9.83. The fourth-order valence-electron chi connectivity index (χ4n) is 8.37. The van der Waals surface area contributed by atoms with Crippen LogP contribution in [0.4, 0.5) is 11.4 Å². The first-order valence-electron chi connectivity index (χ1n) is 19.2. The molecule has 0 unspecified atom stereocenters. The second-order valence-corrected chi connectivity index (χ2v) is 15.0. The van der Waals surface area contributed by atoms with Crippen LogP contribution in [0.3, 0.4) is 0 Å². The van der Waals surface area contributed by atoms with E-state index in [9.17, 15) is 0 Å². The van der Waals surface area contributed by atoms with Gasteiger partial charge in [-0.15, -0.1) is 0 Å². The highest BCUT2D eigenvalue weighted by molar-refractivity contribution is 5.83. The molecule has 7 rings (SSSR count). The molecule has 0 aliphatic carbocycles. The Kier molecular flexibility index (Phi) is 12.4. The molecule has 0 N–H and O–H groups in total. The van der Waals surface area contributed by atoms with E-state index in [2.05, 4.69) is 203 Å². The van der Waals surface area contributed by atoms with Gasteiger partial charge in [-0.2, -0.15) is 0 Å². The third-order valence-electron chi connectivity index (χ3n) is 11.3. The molecule has 0 amide bonds. The average Bonchev–Trinajstić information content (AvgIpc) is 3.20. The molecule has 1 aliphatic heterocycles. The van der Waals surface area contributed by atoms with Gasteiger partial charge in [-0.1, -0.05) is 184 Å². The summed E-state index contributed by atoms with van der Waals surface area (Å²) in [5.74, 6) is 0.957. The first kappa shape index (κ1) is 38.3. The van der Waals surface area contributed by atoms with Gasteiger partial charge in [-0.3, -0.25) is 0 Å². The largest absolute Gasteiger partial charge is 1.00 e. The van der Waals surface area contributed by atoms with Crippen LogP contribution < -0.4 is 28.9 Å². The van der Waals surface area contributed by atoms with Crippen molar-refractivity contribution in [1.29, 1.82) is 0 Å². The smallest absolute Gasteiger partial charge is 0.244 e. The maximum Gasteiger partial charge on any atom is 0.244 e. The van der Waals surface area contributed by atoms with Gasteiger partial charge in [-0.25, -0.2) is 9.48 Å². The lowest BCUT2D eigenvalue weighted by Crippen LogP contribution is -3.00. The number of hydrogen-bond donors (Lipinski definition) is 0. The van der Waals surface area contributed by atoms with Crippen LogP contribution in [0.15, 0.2) is 146 Å². The number of aryl methyl sites for hydroxylation is 2. The Labute approximate surface area is 335 Å². The van der Waals surface area contributed by atoms with Crippen molar-refractivity contribution in [3.05, 3.63) is 201 Å². The average molecular weight is 809 g/mol. The van der Waals surface area contributed by atoms with Gasteiger partial charge in [0.1, 0.15) is 11.4 Å². The fourth-order valence-corrected chi connectivity index (χ4v) is 8.37. The summed E-state index contributed by atoms with van der Waals surface area (Å²) in [4.78, 5) is 2.60. The number of halogens is 1. The SMILES string of the molecule is Cc1cc([C@H](C)c2ccccc2)c(N2C=[N+](c3c([C@H](C)c4ccccc4)cc(C)cc3[C@H](C)c3ccccc3)CCC2)c([C@H](C)c2ccccc2)c1.[I-]. The van der Waals surface area contributed by atoms with Crippen LogP contribution in [0.1, 0.15) is 113 Å². The van der Waals surface area contributed by atoms with Crippen LogP contribution in [0.25, 0.3) is 0 Å². The molecule has 0 bridgehead atoms. The van der Waals surface area contributed by atoms with E-state index in [1.54, 1.807) is 0 Å². The van der Waals surface area contributed by atoms with Gasteiger partial charge in [0, 0.05) is 52.3 Å². The molecule has 1 heterocycles. The Morgan fingerprint density at radius 2 is 0.792 bits per heavy atom. The third-order valence-corrected chi connectivity index (χ3v) is 11.3. The van der Waals surface area contributed by atoms with E-state index < -0.39 is 0 Å². The van der Waals surface area contributed by atoms with E-state index >= 15 is 0 Å². The van der Waals surface area contributed by atoms with E-state index in [1.165, 1.54) is 67.0 Å². The highest BCUT2D eigenvalue weighted by Crippen LogP contribution is 2.44. The molecule has 270 valence electrons. The molecular weight excluding hydrogens is 755 g/mol. The lowest BCUT2D eigenvalue weighted by molar-refractivity contribution is -0.441. The second kappa shape index (κ2) is 17.1. The molecule has 1 aliphatic rings. The quantitative estimate of drug-likeness (QED) is 0.0988. The van der Waals surface area contributed by atoms with Gasteiger partial charge in [0.2, 0.25) is 6.34 Å². The van der Waals surface area contributed by atoms with Crippen LogP contribution >= 0.6 is 0 Å². The van der Waals surface area contributed by atoms with Crippen LogP contribution in [0, 0.1) is 13.8 Å². The van der Waals surface area contributed by atoms with Gasteiger partial charge in [0.25, 0.3) is 0 Å². The topological polar surface area (TPSA) is 6.25 Å². The van der Waals surface area contributed by atoms with Gasteiger partial charge < -0.3 is 24.0 Å². The minimum atomic E-state index is 0. The standard InChI is InChI=1S/C50H53N2.HI/c1-35-30-45(37(3)41-20-11-7-12-21-41)49(46(31-35)38(4)42-22-13-8-14-23-42)51-28-19-29-52(34-51)50-47(39(5)43-24-15-9-16-25-43)32-36(2)33-48(50)40(6)44-26-17-10-18-27-44;/h7-18,20-27,30-34,37-40H,19,28-29H2,1-6H3;1H/q+1;/p-1/t37-,38-,39-,40-;/m1./s1. The van der Waals surface area contributed by atoms with Crippen molar-refractivity contribution in [1.82, 2.24) is 0 Å². The predicted octanol–water partition coefficient (Wildman–Crippen LogP) is 9.50. The predicted molar refractivity (Wildman–Crippen MR) is 221 cm³/mol. The highest BCUT2D eigenvalue weighted by Gasteiger charge is 2.33. The molecule has 0 spiro atoms. The minimum absolute atomic E-state index is 0. The van der Waals surface area contributed by atoms with E-state index in [-0.39, 0.29) is 47.6 Å². The van der Waals surface area contributed by atoms with Crippen LogP contribution in [-0.4, -0.2) is 24.0 Å². The van der Waals surface area contributed by atoms with Crippen molar-refractivity contribution >= 4 is 17.7 Å². The van der Waals surface area contributed by atoms with Crippen molar-refractivity contribution in [2.24, 2.45) is 0 Å². The molecule has 4 atom stereocenters. The minimum Gasteiger partial charge on any atom is -1.00 e. The number of rotatable bonds is 10. The zero-order valence-corrected chi connectivity index (χ0v) is 34.3. The Morgan fingerprint density at radius 3 is 1.15 bits per heavy atom. The molecule has 0 radical (unpaired) electrons. The summed E-state index contributed by atoms with van der Waals surface area (Å²) in [6.45, 7) is 16.0. The Balaban J connectivity index is 0.00000481. The van der Waals surface area contributed by atoms with Gasteiger partial charge >= 0.3 is 0 Å². The van der Waals surface area contributed by atoms with Gasteiger partial charge in [0.05, 0.1) is 13.1 Å². The van der Waals surface area contributed by atoms with Gasteiger partial charge in [0.15, 0.2) is 0 Å². The first-order valence-corrected chi connectivity index (χ1v) is 19.2. The maximum atomic E-state index is 2.60. The Bertz CT molecular complexity index is 2010. The van der Waals surface area contributed by atoms with E-state index in [4.69, 9.17) is 0 Å². The third kappa shape index (κ3) is 8.21. The van der Waals surface area contributed by atoms with Crippen molar-refractivity contribution in [3.8, 4) is 0 Å². The van der Waals surface area contributed by atoms with Crippen molar-refractivity contribution in [2.45, 2.75) is 71.6 Å². The molecule has 0 aromatic heterocycles.